The molecule has 0 unspecified atom stereocenters. The van der Waals surface area contributed by atoms with Crippen molar-refractivity contribution in [3.05, 3.63) is 70.8 Å². The second kappa shape index (κ2) is 8.44. The lowest BCUT2D eigenvalue weighted by atomic mass is 9.98. The minimum absolute atomic E-state index is 0.227. The van der Waals surface area contributed by atoms with Crippen LogP contribution in [0.3, 0.4) is 0 Å². The topological polar surface area (TPSA) is 78.4 Å². The van der Waals surface area contributed by atoms with Gasteiger partial charge in [-0.15, -0.1) is 0 Å². The highest BCUT2D eigenvalue weighted by Crippen LogP contribution is 2.20. The number of hydrogen-bond donors (Lipinski definition) is 3. The molecule has 0 aromatic heterocycles. The number of hydrogen-bond acceptors (Lipinski definition) is 3. The summed E-state index contributed by atoms with van der Waals surface area (Å²) in [6.45, 7) is 5.44. The molecule has 0 radical (unpaired) electrons. The van der Waals surface area contributed by atoms with E-state index in [1.165, 1.54) is 0 Å². The smallest absolute Gasteiger partial charge is 0.251 e. The molecular formula is C20H24N2O3. The van der Waals surface area contributed by atoms with Crippen LogP contribution in [-0.2, 0) is 4.79 Å². The first-order valence-electron chi connectivity index (χ1n) is 8.27. The second-order valence-electron chi connectivity index (χ2n) is 6.09. The molecule has 0 saturated heterocycles. The van der Waals surface area contributed by atoms with E-state index < -0.39 is 24.5 Å². The molecule has 0 aliphatic heterocycles. The Hall–Kier alpha value is -2.66. The van der Waals surface area contributed by atoms with Gasteiger partial charge in [-0.05, 0) is 49.6 Å². The molecule has 0 bridgehead atoms. The molecule has 3 N–H and O–H groups in total. The maximum atomic E-state index is 12.4. The molecule has 132 valence electrons. The largest absolute Gasteiger partial charge is 0.394 e. The summed E-state index contributed by atoms with van der Waals surface area (Å²) in [5.41, 5.74) is 3.72. The summed E-state index contributed by atoms with van der Waals surface area (Å²) in [7, 11) is 0. The first-order chi connectivity index (χ1) is 11.9. The quantitative estimate of drug-likeness (QED) is 0.755. The van der Waals surface area contributed by atoms with Crippen LogP contribution in [0, 0.1) is 13.8 Å². The number of aliphatic hydroxyl groups excluding tert-OH is 1. The van der Waals surface area contributed by atoms with E-state index in [1.807, 2.05) is 39.0 Å². The fraction of sp³-hybridized carbons (Fsp3) is 0.300. The van der Waals surface area contributed by atoms with Gasteiger partial charge in [0.15, 0.2) is 0 Å². The normalized spacial score (nSPS) is 13.0. The van der Waals surface area contributed by atoms with Crippen LogP contribution in [0.5, 0.6) is 0 Å². The van der Waals surface area contributed by atoms with Gasteiger partial charge < -0.3 is 15.7 Å². The van der Waals surface area contributed by atoms with Crippen molar-refractivity contribution in [2.24, 2.45) is 0 Å². The summed E-state index contributed by atoms with van der Waals surface area (Å²) in [4.78, 5) is 24.6. The molecule has 0 aliphatic carbocycles. The minimum atomic E-state index is -1.000. The Morgan fingerprint density at radius 3 is 2.32 bits per heavy atom. The Balaban J connectivity index is 2.04. The summed E-state index contributed by atoms with van der Waals surface area (Å²) >= 11 is 0. The monoisotopic (exact) mass is 340 g/mol. The molecule has 5 nitrogen and oxygen atoms in total. The van der Waals surface area contributed by atoms with E-state index in [0.717, 1.165) is 16.7 Å². The van der Waals surface area contributed by atoms with E-state index in [-0.39, 0.29) is 6.04 Å². The lowest BCUT2D eigenvalue weighted by molar-refractivity contribution is -0.124. The lowest BCUT2D eigenvalue weighted by Crippen LogP contribution is -2.49. The fourth-order valence-electron chi connectivity index (χ4n) is 2.66. The third kappa shape index (κ3) is 4.67. The molecule has 0 spiro atoms. The van der Waals surface area contributed by atoms with Crippen LogP contribution in [0.1, 0.15) is 40.0 Å². The van der Waals surface area contributed by atoms with E-state index in [9.17, 15) is 14.7 Å². The van der Waals surface area contributed by atoms with Crippen molar-refractivity contribution in [1.29, 1.82) is 0 Å². The lowest BCUT2D eigenvalue weighted by Gasteiger charge is -2.22. The molecule has 2 rings (SSSR count). The molecule has 5 heteroatoms. The van der Waals surface area contributed by atoms with Gasteiger partial charge >= 0.3 is 0 Å². The van der Waals surface area contributed by atoms with E-state index in [0.29, 0.717) is 5.56 Å². The number of nitrogens with one attached hydrogen (secondary N) is 2. The highest BCUT2D eigenvalue weighted by molar-refractivity contribution is 5.97. The summed E-state index contributed by atoms with van der Waals surface area (Å²) in [6.07, 6.45) is 0. The van der Waals surface area contributed by atoms with Crippen molar-refractivity contribution in [3.8, 4) is 0 Å². The maximum absolute atomic E-state index is 12.4. The van der Waals surface area contributed by atoms with Crippen molar-refractivity contribution >= 4 is 11.8 Å². The zero-order valence-corrected chi connectivity index (χ0v) is 14.7. The summed E-state index contributed by atoms with van der Waals surface area (Å²) in [6, 6.07) is 13.3. The molecule has 2 aromatic carbocycles. The summed E-state index contributed by atoms with van der Waals surface area (Å²) in [5, 5.41) is 14.9. The van der Waals surface area contributed by atoms with E-state index in [4.69, 9.17) is 0 Å². The Bertz CT molecular complexity index is 744. The molecular weight excluding hydrogens is 316 g/mol. The molecule has 0 saturated carbocycles. The molecule has 2 amide bonds. The zero-order valence-electron chi connectivity index (χ0n) is 14.7. The number of amides is 2. The predicted molar refractivity (Wildman–Crippen MR) is 97.3 cm³/mol. The van der Waals surface area contributed by atoms with Crippen molar-refractivity contribution < 1.29 is 14.7 Å². The Kier molecular flexibility index (Phi) is 6.31. The van der Waals surface area contributed by atoms with Crippen LogP contribution >= 0.6 is 0 Å². The van der Waals surface area contributed by atoms with Crippen molar-refractivity contribution in [1.82, 2.24) is 10.6 Å². The summed E-state index contributed by atoms with van der Waals surface area (Å²) in [5.74, 6) is -0.811. The molecule has 0 aliphatic rings. The molecule has 25 heavy (non-hydrogen) atoms. The predicted octanol–water partition coefficient (Wildman–Crippen LogP) is 2.27. The van der Waals surface area contributed by atoms with Gasteiger partial charge in [0.2, 0.25) is 5.91 Å². The van der Waals surface area contributed by atoms with Crippen LogP contribution in [0.15, 0.2) is 48.5 Å². The molecule has 2 atom stereocenters. The third-order valence-corrected chi connectivity index (χ3v) is 4.31. The standard InChI is InChI=1S/C20H24N2O3/c1-13-8-7-11-17(14(13)2)15(3)21-20(25)18(12-23)22-19(24)16-9-5-4-6-10-16/h4-11,15,18,23H,12H2,1-3H3,(H,21,25)(H,22,24)/t15-,18+/m0/s1. The number of carbonyl (C=O) groups is 2. The molecule has 0 fully saturated rings. The molecule has 0 heterocycles. The average molecular weight is 340 g/mol. The zero-order chi connectivity index (χ0) is 18.4. The number of aliphatic hydroxyl groups is 1. The van der Waals surface area contributed by atoms with Crippen LogP contribution in [0.25, 0.3) is 0 Å². The number of rotatable bonds is 6. The van der Waals surface area contributed by atoms with Crippen LogP contribution in [0.2, 0.25) is 0 Å². The van der Waals surface area contributed by atoms with Crippen LogP contribution < -0.4 is 10.6 Å². The van der Waals surface area contributed by atoms with Gasteiger partial charge in [0.25, 0.3) is 5.91 Å². The van der Waals surface area contributed by atoms with Gasteiger partial charge in [0.05, 0.1) is 12.6 Å². The van der Waals surface area contributed by atoms with E-state index in [2.05, 4.69) is 10.6 Å². The van der Waals surface area contributed by atoms with Gasteiger partial charge in [-0.25, -0.2) is 0 Å². The van der Waals surface area contributed by atoms with Gasteiger partial charge in [-0.3, -0.25) is 9.59 Å². The highest BCUT2D eigenvalue weighted by atomic mass is 16.3. The SMILES string of the molecule is Cc1cccc([C@H](C)NC(=O)[C@@H](CO)NC(=O)c2ccccc2)c1C. The van der Waals surface area contributed by atoms with E-state index >= 15 is 0 Å². The van der Waals surface area contributed by atoms with Crippen LogP contribution in [0.4, 0.5) is 0 Å². The van der Waals surface area contributed by atoms with Crippen molar-refractivity contribution in [3.63, 3.8) is 0 Å². The van der Waals surface area contributed by atoms with E-state index in [1.54, 1.807) is 30.3 Å². The first-order valence-corrected chi connectivity index (χ1v) is 8.27. The van der Waals surface area contributed by atoms with Gasteiger partial charge in [-0.2, -0.15) is 0 Å². The Morgan fingerprint density at radius 1 is 1.00 bits per heavy atom. The average Bonchev–Trinajstić information content (AvgIpc) is 2.62. The minimum Gasteiger partial charge on any atom is -0.394 e. The van der Waals surface area contributed by atoms with Crippen molar-refractivity contribution in [2.75, 3.05) is 6.61 Å². The Morgan fingerprint density at radius 2 is 1.68 bits per heavy atom. The summed E-state index contributed by atoms with van der Waals surface area (Å²) < 4.78 is 0. The van der Waals surface area contributed by atoms with Gasteiger partial charge in [0.1, 0.15) is 6.04 Å². The van der Waals surface area contributed by atoms with Gasteiger partial charge in [0, 0.05) is 5.56 Å². The molecule has 2 aromatic rings. The maximum Gasteiger partial charge on any atom is 0.251 e. The third-order valence-electron chi connectivity index (χ3n) is 4.31. The highest BCUT2D eigenvalue weighted by Gasteiger charge is 2.22. The number of aryl methyl sites for hydroxylation is 1. The fourth-order valence-corrected chi connectivity index (χ4v) is 2.66. The van der Waals surface area contributed by atoms with Crippen LogP contribution in [-0.4, -0.2) is 29.6 Å². The number of benzene rings is 2. The number of carbonyl (C=O) groups excluding carboxylic acids is 2. The van der Waals surface area contributed by atoms with Gasteiger partial charge in [-0.1, -0.05) is 36.4 Å². The second-order valence-corrected chi connectivity index (χ2v) is 6.09. The van der Waals surface area contributed by atoms with Crippen molar-refractivity contribution in [2.45, 2.75) is 32.9 Å². The Labute approximate surface area is 148 Å². The first kappa shape index (κ1) is 18.7.